The van der Waals surface area contributed by atoms with E-state index in [2.05, 4.69) is 5.16 Å². The summed E-state index contributed by atoms with van der Waals surface area (Å²) in [4.78, 5) is 40.8. The topological polar surface area (TPSA) is 83.7 Å². The van der Waals surface area contributed by atoms with Crippen molar-refractivity contribution in [3.8, 4) is 11.3 Å². The predicted molar refractivity (Wildman–Crippen MR) is 117 cm³/mol. The monoisotopic (exact) mass is 449 g/mol. The van der Waals surface area contributed by atoms with Crippen molar-refractivity contribution >= 4 is 29.3 Å². The third-order valence-corrected chi connectivity index (χ3v) is 6.20. The normalized spacial score (nSPS) is 15.2. The zero-order valence-electron chi connectivity index (χ0n) is 17.2. The molecule has 5 rings (SSSR count). The van der Waals surface area contributed by atoms with Crippen LogP contribution in [0.3, 0.4) is 0 Å². The van der Waals surface area contributed by atoms with E-state index in [0.29, 0.717) is 47.8 Å². The molecule has 0 unspecified atom stereocenters. The Bertz CT molecular complexity index is 1180. The fraction of sp³-hybridized carbons (Fsp3) is 0.250. The molecule has 8 heteroatoms. The molecule has 0 saturated heterocycles. The van der Waals surface area contributed by atoms with E-state index < -0.39 is 0 Å². The maximum absolute atomic E-state index is 12.8. The highest BCUT2D eigenvalue weighted by Crippen LogP contribution is 2.31. The Balaban J connectivity index is 1.21. The number of imide groups is 1. The summed E-state index contributed by atoms with van der Waals surface area (Å²) in [5.74, 6) is 0.0474. The molecule has 3 heterocycles. The molecule has 0 atom stereocenters. The van der Waals surface area contributed by atoms with Crippen molar-refractivity contribution in [1.29, 1.82) is 0 Å². The Hall–Kier alpha value is -3.45. The van der Waals surface area contributed by atoms with Gasteiger partial charge in [0.15, 0.2) is 5.76 Å². The lowest BCUT2D eigenvalue weighted by Crippen LogP contribution is -2.37. The number of carbonyl (C=O) groups is 3. The number of halogens is 1. The minimum atomic E-state index is -0.294. The molecule has 2 aliphatic rings. The molecule has 0 bridgehead atoms. The first kappa shape index (κ1) is 20.5. The number of carbonyl (C=O) groups excluding carboxylic acids is 3. The second-order valence-corrected chi connectivity index (χ2v) is 8.36. The van der Waals surface area contributed by atoms with Crippen molar-refractivity contribution in [2.45, 2.75) is 25.8 Å². The standard InChI is InChI=1S/C24H20ClN3O4/c25-16-9-7-15(8-10-16)22-19-14-27(13-11-20(19)26-32-22)21(29)6-3-12-28-23(30)17-4-1-2-5-18(17)24(28)31/h1-2,4-5,7-10H,3,6,11-14H2. The highest BCUT2D eigenvalue weighted by Gasteiger charge is 2.35. The number of benzene rings is 2. The van der Waals surface area contributed by atoms with E-state index in [1.54, 1.807) is 41.3 Å². The molecule has 3 amide bonds. The second-order valence-electron chi connectivity index (χ2n) is 7.92. The summed E-state index contributed by atoms with van der Waals surface area (Å²) in [6.07, 6.45) is 1.29. The lowest BCUT2D eigenvalue weighted by atomic mass is 10.0. The predicted octanol–water partition coefficient (Wildman–Crippen LogP) is 3.96. The number of fused-ring (bicyclic) bond motifs is 2. The van der Waals surface area contributed by atoms with Crippen LogP contribution in [0.1, 0.15) is 44.8 Å². The lowest BCUT2D eigenvalue weighted by molar-refractivity contribution is -0.132. The van der Waals surface area contributed by atoms with Crippen LogP contribution in [0.2, 0.25) is 5.02 Å². The van der Waals surface area contributed by atoms with Crippen LogP contribution in [-0.2, 0) is 17.8 Å². The molecule has 162 valence electrons. The van der Waals surface area contributed by atoms with E-state index in [9.17, 15) is 14.4 Å². The van der Waals surface area contributed by atoms with Gasteiger partial charge in [0.1, 0.15) is 0 Å². The third-order valence-electron chi connectivity index (χ3n) is 5.95. The first-order valence-electron chi connectivity index (χ1n) is 10.5. The van der Waals surface area contributed by atoms with Gasteiger partial charge < -0.3 is 9.42 Å². The molecule has 2 aliphatic heterocycles. The summed E-state index contributed by atoms with van der Waals surface area (Å²) >= 11 is 5.98. The van der Waals surface area contributed by atoms with Crippen LogP contribution in [0.25, 0.3) is 11.3 Å². The largest absolute Gasteiger partial charge is 0.356 e. The summed E-state index contributed by atoms with van der Waals surface area (Å²) in [7, 11) is 0. The smallest absolute Gasteiger partial charge is 0.261 e. The van der Waals surface area contributed by atoms with Gasteiger partial charge in [-0.2, -0.15) is 0 Å². The van der Waals surface area contributed by atoms with Gasteiger partial charge in [-0.15, -0.1) is 0 Å². The molecule has 7 nitrogen and oxygen atoms in total. The number of nitrogens with zero attached hydrogens (tertiary/aromatic N) is 3. The number of hydrogen-bond donors (Lipinski definition) is 0. The van der Waals surface area contributed by atoms with Crippen LogP contribution in [0, 0.1) is 0 Å². The first-order chi connectivity index (χ1) is 15.5. The van der Waals surface area contributed by atoms with Crippen LogP contribution in [0.4, 0.5) is 0 Å². The van der Waals surface area contributed by atoms with Gasteiger partial charge in [-0.1, -0.05) is 28.9 Å². The molecular weight excluding hydrogens is 430 g/mol. The van der Waals surface area contributed by atoms with Crippen molar-refractivity contribution in [3.05, 3.63) is 75.9 Å². The molecule has 1 aromatic heterocycles. The highest BCUT2D eigenvalue weighted by molar-refractivity contribution is 6.30. The van der Waals surface area contributed by atoms with Crippen molar-refractivity contribution in [2.24, 2.45) is 0 Å². The van der Waals surface area contributed by atoms with Crippen LogP contribution >= 0.6 is 11.6 Å². The van der Waals surface area contributed by atoms with Crippen molar-refractivity contribution in [1.82, 2.24) is 15.0 Å². The Morgan fingerprint density at radius 1 is 1.03 bits per heavy atom. The SMILES string of the molecule is O=C(CCCN1C(=O)c2ccccc2C1=O)N1CCc2noc(-c3ccc(Cl)cc3)c2C1. The van der Waals surface area contributed by atoms with Crippen LogP contribution in [-0.4, -0.2) is 45.8 Å². The van der Waals surface area contributed by atoms with E-state index in [1.165, 1.54) is 4.90 Å². The van der Waals surface area contributed by atoms with E-state index in [4.69, 9.17) is 16.1 Å². The van der Waals surface area contributed by atoms with Gasteiger partial charge in [-0.25, -0.2) is 0 Å². The molecular formula is C24H20ClN3O4. The molecule has 0 spiro atoms. The van der Waals surface area contributed by atoms with E-state index in [1.807, 2.05) is 12.1 Å². The molecule has 0 N–H and O–H groups in total. The quantitative estimate of drug-likeness (QED) is 0.550. The van der Waals surface area contributed by atoms with Gasteiger partial charge in [0.05, 0.1) is 23.4 Å². The Morgan fingerprint density at radius 2 is 1.72 bits per heavy atom. The van der Waals surface area contributed by atoms with Gasteiger partial charge in [-0.05, 0) is 42.8 Å². The van der Waals surface area contributed by atoms with Gasteiger partial charge in [-0.3, -0.25) is 19.3 Å². The summed E-state index contributed by atoms with van der Waals surface area (Å²) < 4.78 is 5.56. The zero-order valence-corrected chi connectivity index (χ0v) is 18.0. The fourth-order valence-electron chi connectivity index (χ4n) is 4.24. The van der Waals surface area contributed by atoms with E-state index in [-0.39, 0.29) is 30.7 Å². The molecule has 0 aliphatic carbocycles. The van der Waals surface area contributed by atoms with Crippen LogP contribution in [0.15, 0.2) is 53.1 Å². The summed E-state index contributed by atoms with van der Waals surface area (Å²) in [5.41, 5.74) is 3.49. The molecule has 0 saturated carbocycles. The molecule has 0 radical (unpaired) electrons. The van der Waals surface area contributed by atoms with Crippen molar-refractivity contribution < 1.29 is 18.9 Å². The third kappa shape index (κ3) is 3.58. The fourth-order valence-corrected chi connectivity index (χ4v) is 4.37. The molecule has 3 aromatic rings. The number of amides is 3. The Kier molecular flexibility index (Phi) is 5.27. The second kappa shape index (κ2) is 8.24. The summed E-state index contributed by atoms with van der Waals surface area (Å²) in [6, 6.07) is 14.1. The highest BCUT2D eigenvalue weighted by atomic mass is 35.5. The average molecular weight is 450 g/mol. The minimum absolute atomic E-state index is 0.0180. The average Bonchev–Trinajstić information content (AvgIpc) is 3.34. The lowest BCUT2D eigenvalue weighted by Gasteiger charge is -2.26. The van der Waals surface area contributed by atoms with Crippen molar-refractivity contribution in [3.63, 3.8) is 0 Å². The molecule has 0 fully saturated rings. The number of hydrogen-bond acceptors (Lipinski definition) is 5. The Labute approximate surface area is 189 Å². The maximum atomic E-state index is 12.8. The van der Waals surface area contributed by atoms with Gasteiger partial charge in [0.2, 0.25) is 5.91 Å². The van der Waals surface area contributed by atoms with Gasteiger partial charge >= 0.3 is 0 Å². The van der Waals surface area contributed by atoms with E-state index >= 15 is 0 Å². The van der Waals surface area contributed by atoms with Crippen LogP contribution < -0.4 is 0 Å². The van der Waals surface area contributed by atoms with E-state index in [0.717, 1.165) is 16.8 Å². The Morgan fingerprint density at radius 3 is 2.41 bits per heavy atom. The first-order valence-corrected chi connectivity index (χ1v) is 10.9. The zero-order chi connectivity index (χ0) is 22.2. The minimum Gasteiger partial charge on any atom is -0.356 e. The summed E-state index contributed by atoms with van der Waals surface area (Å²) in [6.45, 7) is 1.20. The number of aromatic nitrogens is 1. The van der Waals surface area contributed by atoms with Crippen molar-refractivity contribution in [2.75, 3.05) is 13.1 Å². The van der Waals surface area contributed by atoms with Crippen LogP contribution in [0.5, 0.6) is 0 Å². The van der Waals surface area contributed by atoms with Gasteiger partial charge in [0, 0.05) is 42.1 Å². The molecule has 32 heavy (non-hydrogen) atoms. The summed E-state index contributed by atoms with van der Waals surface area (Å²) in [5, 5.41) is 4.81. The number of rotatable bonds is 5. The van der Waals surface area contributed by atoms with Gasteiger partial charge in [0.25, 0.3) is 11.8 Å². The molecule has 2 aromatic carbocycles. The maximum Gasteiger partial charge on any atom is 0.261 e.